The molecule has 18 heavy (non-hydrogen) atoms. The molecule has 1 aromatic heterocycles. The maximum Gasteiger partial charge on any atom is 0.241 e. The largest absolute Gasteiger partial charge is 0.383 e. The zero-order valence-electron chi connectivity index (χ0n) is 10.6. The Balaban J connectivity index is 1.96. The zero-order chi connectivity index (χ0) is 13.0. The van der Waals surface area contributed by atoms with Crippen LogP contribution in [-0.2, 0) is 9.53 Å². The molecule has 0 bridgehead atoms. The Bertz CT molecular complexity index is 379. The molecule has 6 heteroatoms. The number of rotatable bonds is 4. The van der Waals surface area contributed by atoms with E-state index >= 15 is 0 Å². The monoisotopic (exact) mass is 252 g/mol. The molecule has 2 unspecified atom stereocenters. The van der Waals surface area contributed by atoms with Crippen LogP contribution in [0.1, 0.15) is 24.5 Å². The van der Waals surface area contributed by atoms with Gasteiger partial charge in [0.2, 0.25) is 5.91 Å². The number of nitrogens with one attached hydrogen (secondary N) is 1. The fraction of sp³-hybridized carbons (Fsp3) is 0.667. The summed E-state index contributed by atoms with van der Waals surface area (Å²) in [5, 5.41) is 6.94. The number of aromatic amines is 1. The maximum atomic E-state index is 12.1. The first-order valence-electron chi connectivity index (χ1n) is 6.25. The number of carbonyl (C=O) groups excluding carboxylic acids is 1. The zero-order valence-corrected chi connectivity index (χ0v) is 10.6. The second-order valence-electron chi connectivity index (χ2n) is 4.70. The van der Waals surface area contributed by atoms with E-state index in [9.17, 15) is 4.79 Å². The number of carbonyl (C=O) groups is 1. The van der Waals surface area contributed by atoms with E-state index in [0.29, 0.717) is 12.5 Å². The molecule has 2 rings (SSSR count). The van der Waals surface area contributed by atoms with Crippen molar-refractivity contribution in [3.63, 3.8) is 0 Å². The van der Waals surface area contributed by atoms with Crippen LogP contribution in [0.25, 0.3) is 0 Å². The molecular formula is C12H20N4O2. The number of aromatic nitrogens is 2. The van der Waals surface area contributed by atoms with E-state index in [2.05, 4.69) is 10.2 Å². The van der Waals surface area contributed by atoms with E-state index in [1.54, 1.807) is 13.3 Å². The van der Waals surface area contributed by atoms with Crippen molar-refractivity contribution in [2.45, 2.75) is 24.8 Å². The third-order valence-electron chi connectivity index (χ3n) is 3.36. The molecule has 1 amide bonds. The van der Waals surface area contributed by atoms with Crippen molar-refractivity contribution in [3.8, 4) is 0 Å². The number of hydrogen-bond donors (Lipinski definition) is 2. The lowest BCUT2D eigenvalue weighted by Gasteiger charge is -2.33. The Labute approximate surface area is 106 Å². The number of methoxy groups -OCH3 is 1. The Morgan fingerprint density at radius 3 is 3.28 bits per heavy atom. The summed E-state index contributed by atoms with van der Waals surface area (Å²) in [6, 6.07) is 1.41. The van der Waals surface area contributed by atoms with Crippen LogP contribution in [0.4, 0.5) is 0 Å². The van der Waals surface area contributed by atoms with Crippen LogP contribution in [0, 0.1) is 0 Å². The molecule has 6 nitrogen and oxygen atoms in total. The average molecular weight is 252 g/mol. The summed E-state index contributed by atoms with van der Waals surface area (Å²) in [5.41, 5.74) is 6.88. The third-order valence-corrected chi connectivity index (χ3v) is 3.36. The quantitative estimate of drug-likeness (QED) is 0.795. The molecule has 2 atom stereocenters. The molecule has 1 aromatic rings. The predicted octanol–water partition coefficient (Wildman–Crippen LogP) is 0.0894. The summed E-state index contributed by atoms with van der Waals surface area (Å²) in [5.74, 6) is 0.306. The van der Waals surface area contributed by atoms with Crippen LogP contribution >= 0.6 is 0 Å². The molecule has 2 heterocycles. The number of nitrogens with zero attached hydrogens (tertiary/aromatic N) is 2. The Kier molecular flexibility index (Phi) is 4.33. The molecule has 0 radical (unpaired) electrons. The van der Waals surface area contributed by atoms with Crippen molar-refractivity contribution >= 4 is 5.91 Å². The summed E-state index contributed by atoms with van der Waals surface area (Å²) in [6.45, 7) is 1.75. The van der Waals surface area contributed by atoms with Gasteiger partial charge < -0.3 is 15.4 Å². The number of ether oxygens (including phenoxy) is 1. The van der Waals surface area contributed by atoms with Crippen LogP contribution < -0.4 is 5.73 Å². The Morgan fingerprint density at radius 2 is 2.61 bits per heavy atom. The van der Waals surface area contributed by atoms with E-state index in [4.69, 9.17) is 10.5 Å². The van der Waals surface area contributed by atoms with Gasteiger partial charge in [-0.1, -0.05) is 0 Å². The second-order valence-corrected chi connectivity index (χ2v) is 4.70. The first-order valence-corrected chi connectivity index (χ1v) is 6.25. The van der Waals surface area contributed by atoms with E-state index in [1.807, 2.05) is 11.0 Å². The molecule has 1 fully saturated rings. The smallest absolute Gasteiger partial charge is 0.241 e. The number of likely N-dealkylation sites (tertiary alicyclic amines) is 1. The van der Waals surface area contributed by atoms with Crippen molar-refractivity contribution in [3.05, 3.63) is 18.0 Å². The molecule has 0 spiro atoms. The van der Waals surface area contributed by atoms with Gasteiger partial charge in [-0.3, -0.25) is 9.89 Å². The number of nitrogens with two attached hydrogens (primary N) is 1. The van der Waals surface area contributed by atoms with E-state index in [-0.39, 0.29) is 12.5 Å². The normalized spacial score (nSPS) is 21.9. The van der Waals surface area contributed by atoms with Crippen LogP contribution in [-0.4, -0.2) is 53.9 Å². The van der Waals surface area contributed by atoms with Crippen LogP contribution in [0.15, 0.2) is 12.3 Å². The van der Waals surface area contributed by atoms with Gasteiger partial charge in [-0.15, -0.1) is 0 Å². The average Bonchev–Trinajstić information content (AvgIpc) is 2.92. The van der Waals surface area contributed by atoms with Gasteiger partial charge >= 0.3 is 0 Å². The van der Waals surface area contributed by atoms with Gasteiger partial charge in [-0.05, 0) is 18.9 Å². The molecule has 3 N–H and O–H groups in total. The van der Waals surface area contributed by atoms with Gasteiger partial charge in [0.05, 0.1) is 6.61 Å². The summed E-state index contributed by atoms with van der Waals surface area (Å²) >= 11 is 0. The number of hydrogen-bond acceptors (Lipinski definition) is 4. The highest BCUT2D eigenvalue weighted by atomic mass is 16.5. The molecule has 1 aliphatic heterocycles. The van der Waals surface area contributed by atoms with E-state index < -0.39 is 6.04 Å². The molecule has 1 saturated heterocycles. The summed E-state index contributed by atoms with van der Waals surface area (Å²) in [6.07, 6.45) is 3.81. The van der Waals surface area contributed by atoms with Gasteiger partial charge in [-0.2, -0.15) is 5.10 Å². The first kappa shape index (κ1) is 13.0. The van der Waals surface area contributed by atoms with E-state index in [0.717, 1.165) is 25.1 Å². The topological polar surface area (TPSA) is 84.2 Å². The maximum absolute atomic E-state index is 12.1. The highest BCUT2D eigenvalue weighted by molar-refractivity contribution is 5.82. The van der Waals surface area contributed by atoms with Crippen molar-refractivity contribution < 1.29 is 9.53 Å². The lowest BCUT2D eigenvalue weighted by Crippen LogP contribution is -2.49. The van der Waals surface area contributed by atoms with Gasteiger partial charge in [0.1, 0.15) is 6.04 Å². The highest BCUT2D eigenvalue weighted by Crippen LogP contribution is 2.25. The van der Waals surface area contributed by atoms with Crippen molar-refractivity contribution in [2.75, 3.05) is 26.8 Å². The van der Waals surface area contributed by atoms with Crippen LogP contribution in [0.3, 0.4) is 0 Å². The third kappa shape index (κ3) is 2.88. The Hall–Kier alpha value is -1.40. The van der Waals surface area contributed by atoms with Crippen molar-refractivity contribution in [2.24, 2.45) is 5.73 Å². The first-order chi connectivity index (χ1) is 8.72. The molecule has 100 valence electrons. The minimum atomic E-state index is -0.560. The minimum absolute atomic E-state index is 0.0268. The molecular weight excluding hydrogens is 232 g/mol. The molecule has 0 aliphatic carbocycles. The Morgan fingerprint density at radius 1 is 1.78 bits per heavy atom. The minimum Gasteiger partial charge on any atom is -0.383 e. The summed E-state index contributed by atoms with van der Waals surface area (Å²) < 4.78 is 4.93. The van der Waals surface area contributed by atoms with Crippen LogP contribution in [0.2, 0.25) is 0 Å². The SMILES string of the molecule is COCC(N)C(=O)N1CCCC(c2ccn[nH]2)C1. The van der Waals surface area contributed by atoms with Gasteiger partial charge in [0, 0.05) is 38.0 Å². The van der Waals surface area contributed by atoms with Crippen LogP contribution in [0.5, 0.6) is 0 Å². The summed E-state index contributed by atoms with van der Waals surface area (Å²) in [4.78, 5) is 13.9. The van der Waals surface area contributed by atoms with Gasteiger partial charge in [-0.25, -0.2) is 0 Å². The summed E-state index contributed by atoms with van der Waals surface area (Å²) in [7, 11) is 1.55. The van der Waals surface area contributed by atoms with Gasteiger partial charge in [0.15, 0.2) is 0 Å². The van der Waals surface area contributed by atoms with E-state index in [1.165, 1.54) is 0 Å². The molecule has 0 saturated carbocycles. The highest BCUT2D eigenvalue weighted by Gasteiger charge is 2.28. The predicted molar refractivity (Wildman–Crippen MR) is 67.0 cm³/mol. The van der Waals surface area contributed by atoms with Crippen molar-refractivity contribution in [1.29, 1.82) is 0 Å². The number of H-pyrrole nitrogens is 1. The lowest BCUT2D eigenvalue weighted by atomic mass is 9.94. The number of piperidine rings is 1. The molecule has 1 aliphatic rings. The number of amides is 1. The van der Waals surface area contributed by atoms with Gasteiger partial charge in [0.25, 0.3) is 0 Å². The second kappa shape index (κ2) is 5.97. The van der Waals surface area contributed by atoms with Crippen molar-refractivity contribution in [1.82, 2.24) is 15.1 Å². The lowest BCUT2D eigenvalue weighted by molar-refractivity contribution is -0.135. The molecule has 0 aromatic carbocycles. The fourth-order valence-corrected chi connectivity index (χ4v) is 2.41. The standard InChI is InChI=1S/C12H20N4O2/c1-18-8-10(13)12(17)16-6-2-3-9(7-16)11-4-5-14-15-11/h4-5,9-10H,2-3,6-8,13H2,1H3,(H,14,15). The fourth-order valence-electron chi connectivity index (χ4n) is 2.41.